The Labute approximate surface area is 114 Å². The number of ketones is 1. The molecule has 1 unspecified atom stereocenters. The average molecular weight is 284 g/mol. The number of aromatic nitrogens is 1. The van der Waals surface area contributed by atoms with Crippen molar-refractivity contribution in [2.75, 3.05) is 19.3 Å². The largest absolute Gasteiger partial charge is 0.359 e. The van der Waals surface area contributed by atoms with Crippen molar-refractivity contribution in [1.82, 2.24) is 9.29 Å². The first kappa shape index (κ1) is 14.3. The highest BCUT2D eigenvalue weighted by atomic mass is 32.2. The molecule has 106 valence electrons. The molecule has 19 heavy (non-hydrogen) atoms. The predicted octanol–water partition coefficient (Wildman–Crippen LogP) is 1.51. The van der Waals surface area contributed by atoms with Gasteiger partial charge in [-0.25, -0.2) is 12.7 Å². The van der Waals surface area contributed by atoms with Crippen molar-refractivity contribution in [3.8, 4) is 0 Å². The number of H-pyrrole nitrogens is 1. The zero-order chi connectivity index (χ0) is 14.0. The summed E-state index contributed by atoms with van der Waals surface area (Å²) in [5.41, 5.74) is 0.571. The van der Waals surface area contributed by atoms with E-state index in [0.29, 0.717) is 18.8 Å². The molecule has 6 heteroatoms. The van der Waals surface area contributed by atoms with E-state index in [1.807, 2.05) is 0 Å². The van der Waals surface area contributed by atoms with E-state index in [-0.39, 0.29) is 17.6 Å². The number of rotatable bonds is 5. The zero-order valence-electron chi connectivity index (χ0n) is 11.3. The van der Waals surface area contributed by atoms with Crippen molar-refractivity contribution in [2.45, 2.75) is 19.8 Å². The first-order chi connectivity index (χ1) is 8.93. The first-order valence-electron chi connectivity index (χ1n) is 6.56. The molecule has 0 saturated carbocycles. The molecule has 2 atom stereocenters. The minimum Gasteiger partial charge on any atom is -0.359 e. The Bertz CT molecular complexity index is 536. The molecule has 1 aromatic heterocycles. The summed E-state index contributed by atoms with van der Waals surface area (Å²) in [5, 5.41) is 0. The van der Waals surface area contributed by atoms with Crippen LogP contribution in [0.5, 0.6) is 0 Å². The van der Waals surface area contributed by atoms with Crippen molar-refractivity contribution in [2.24, 2.45) is 11.8 Å². The third-order valence-electron chi connectivity index (χ3n) is 3.74. The SMILES string of the molecule is CCC[C@H]1CN(S(C)(=O)=O)CC1C(=O)c1ccc[nH]1. The average Bonchev–Trinajstić information content (AvgIpc) is 2.96. The molecule has 0 amide bonds. The molecule has 0 aromatic carbocycles. The van der Waals surface area contributed by atoms with Crippen LogP contribution >= 0.6 is 0 Å². The normalized spacial score (nSPS) is 24.7. The lowest BCUT2D eigenvalue weighted by molar-refractivity contribution is 0.0893. The highest BCUT2D eigenvalue weighted by molar-refractivity contribution is 7.88. The summed E-state index contributed by atoms with van der Waals surface area (Å²) in [4.78, 5) is 15.3. The van der Waals surface area contributed by atoms with Crippen LogP contribution in [-0.4, -0.2) is 42.8 Å². The summed E-state index contributed by atoms with van der Waals surface area (Å²) < 4.78 is 24.7. The second kappa shape index (κ2) is 5.46. The highest BCUT2D eigenvalue weighted by Gasteiger charge is 2.40. The minimum atomic E-state index is -3.22. The number of Topliss-reactive ketones (excluding diaryl/α,β-unsaturated/α-hetero) is 1. The Morgan fingerprint density at radius 3 is 2.74 bits per heavy atom. The number of carbonyl (C=O) groups is 1. The van der Waals surface area contributed by atoms with Gasteiger partial charge in [0, 0.05) is 25.2 Å². The van der Waals surface area contributed by atoms with Crippen molar-refractivity contribution in [3.05, 3.63) is 24.0 Å². The van der Waals surface area contributed by atoms with Gasteiger partial charge in [-0.3, -0.25) is 4.79 Å². The minimum absolute atomic E-state index is 0.0228. The first-order valence-corrected chi connectivity index (χ1v) is 8.41. The smallest absolute Gasteiger partial charge is 0.211 e. The molecule has 1 fully saturated rings. The second-order valence-corrected chi connectivity index (χ2v) is 7.17. The standard InChI is InChI=1S/C13H20N2O3S/c1-3-5-10-8-15(19(2,17)18)9-11(10)13(16)12-6-4-7-14-12/h4,6-7,10-11,14H,3,5,8-9H2,1-2H3/t10-,11?/m0/s1. The van der Waals surface area contributed by atoms with Crippen LogP contribution in [0, 0.1) is 11.8 Å². The van der Waals surface area contributed by atoms with Crippen LogP contribution in [0.1, 0.15) is 30.3 Å². The molecule has 1 saturated heterocycles. The van der Waals surface area contributed by atoms with Crippen LogP contribution < -0.4 is 0 Å². The Kier molecular flexibility index (Phi) is 4.10. The third kappa shape index (κ3) is 3.06. The number of sulfonamides is 1. The number of hydrogen-bond donors (Lipinski definition) is 1. The molecule has 0 bridgehead atoms. The van der Waals surface area contributed by atoms with E-state index in [1.54, 1.807) is 18.3 Å². The van der Waals surface area contributed by atoms with E-state index in [9.17, 15) is 13.2 Å². The van der Waals surface area contributed by atoms with Crippen LogP contribution in [0.15, 0.2) is 18.3 Å². The quantitative estimate of drug-likeness (QED) is 0.833. The maximum Gasteiger partial charge on any atom is 0.211 e. The molecule has 0 spiro atoms. The fourth-order valence-corrected chi connectivity index (χ4v) is 3.64. The molecule has 1 N–H and O–H groups in total. The Morgan fingerprint density at radius 1 is 1.47 bits per heavy atom. The lowest BCUT2D eigenvalue weighted by atomic mass is 9.87. The van der Waals surface area contributed by atoms with Gasteiger partial charge in [0.2, 0.25) is 10.0 Å². The number of hydrogen-bond acceptors (Lipinski definition) is 3. The van der Waals surface area contributed by atoms with Crippen LogP contribution in [0.2, 0.25) is 0 Å². The molecule has 0 radical (unpaired) electrons. The third-order valence-corrected chi connectivity index (χ3v) is 4.97. The maximum absolute atomic E-state index is 12.4. The van der Waals surface area contributed by atoms with E-state index >= 15 is 0 Å². The van der Waals surface area contributed by atoms with Crippen molar-refractivity contribution < 1.29 is 13.2 Å². The molecule has 1 aliphatic rings. The van der Waals surface area contributed by atoms with Crippen LogP contribution in [-0.2, 0) is 10.0 Å². The Balaban J connectivity index is 2.20. The molecule has 0 aliphatic carbocycles. The summed E-state index contributed by atoms with van der Waals surface area (Å²) in [7, 11) is -3.22. The summed E-state index contributed by atoms with van der Waals surface area (Å²) in [6.45, 7) is 2.82. The van der Waals surface area contributed by atoms with E-state index in [0.717, 1.165) is 12.8 Å². The van der Waals surface area contributed by atoms with E-state index in [4.69, 9.17) is 0 Å². The van der Waals surface area contributed by atoms with Gasteiger partial charge in [0.15, 0.2) is 5.78 Å². The van der Waals surface area contributed by atoms with Crippen molar-refractivity contribution in [3.63, 3.8) is 0 Å². The van der Waals surface area contributed by atoms with Crippen molar-refractivity contribution >= 4 is 15.8 Å². The maximum atomic E-state index is 12.4. The van der Waals surface area contributed by atoms with Gasteiger partial charge in [0.25, 0.3) is 0 Å². The van der Waals surface area contributed by atoms with E-state index in [1.165, 1.54) is 10.6 Å². The fourth-order valence-electron chi connectivity index (χ4n) is 2.75. The molecule has 2 heterocycles. The lowest BCUT2D eigenvalue weighted by Gasteiger charge is -2.15. The fraction of sp³-hybridized carbons (Fsp3) is 0.615. The Morgan fingerprint density at radius 2 is 2.21 bits per heavy atom. The topological polar surface area (TPSA) is 70.2 Å². The number of nitrogens with one attached hydrogen (secondary N) is 1. The molecule has 1 aromatic rings. The molecule has 1 aliphatic heterocycles. The summed E-state index contributed by atoms with van der Waals surface area (Å²) in [6, 6.07) is 3.53. The van der Waals surface area contributed by atoms with Gasteiger partial charge >= 0.3 is 0 Å². The predicted molar refractivity (Wildman–Crippen MR) is 73.4 cm³/mol. The van der Waals surface area contributed by atoms with Gasteiger partial charge < -0.3 is 4.98 Å². The van der Waals surface area contributed by atoms with Crippen LogP contribution in [0.25, 0.3) is 0 Å². The highest BCUT2D eigenvalue weighted by Crippen LogP contribution is 2.31. The molecular formula is C13H20N2O3S. The Hall–Kier alpha value is -1.14. The summed E-state index contributed by atoms with van der Waals surface area (Å²) in [5.74, 6) is -0.0848. The number of nitrogens with zero attached hydrogens (tertiary/aromatic N) is 1. The van der Waals surface area contributed by atoms with Gasteiger partial charge in [-0.05, 0) is 24.5 Å². The van der Waals surface area contributed by atoms with Gasteiger partial charge in [-0.15, -0.1) is 0 Å². The van der Waals surface area contributed by atoms with Crippen molar-refractivity contribution in [1.29, 1.82) is 0 Å². The molecule has 5 nitrogen and oxygen atoms in total. The number of carbonyl (C=O) groups excluding carboxylic acids is 1. The van der Waals surface area contributed by atoms with E-state index in [2.05, 4.69) is 11.9 Å². The lowest BCUT2D eigenvalue weighted by Crippen LogP contribution is -2.28. The molecule has 2 rings (SSSR count). The second-order valence-electron chi connectivity index (χ2n) is 5.18. The monoisotopic (exact) mass is 284 g/mol. The summed E-state index contributed by atoms with van der Waals surface area (Å²) >= 11 is 0. The van der Waals surface area contributed by atoms with Gasteiger partial charge in [0.05, 0.1) is 11.9 Å². The van der Waals surface area contributed by atoms with Gasteiger partial charge in [-0.2, -0.15) is 0 Å². The van der Waals surface area contributed by atoms with E-state index < -0.39 is 10.0 Å². The van der Waals surface area contributed by atoms with Crippen LogP contribution in [0.4, 0.5) is 0 Å². The summed E-state index contributed by atoms with van der Waals surface area (Å²) in [6.07, 6.45) is 4.75. The van der Waals surface area contributed by atoms with Gasteiger partial charge in [0.1, 0.15) is 0 Å². The zero-order valence-corrected chi connectivity index (χ0v) is 12.1. The molecular weight excluding hydrogens is 264 g/mol. The van der Waals surface area contributed by atoms with Crippen LogP contribution in [0.3, 0.4) is 0 Å². The van der Waals surface area contributed by atoms with Gasteiger partial charge in [-0.1, -0.05) is 13.3 Å². The number of aromatic amines is 1.